The molecule has 0 fully saturated rings. The van der Waals surface area contributed by atoms with Crippen LogP contribution in [0.1, 0.15) is 24.3 Å². The zero-order chi connectivity index (χ0) is 14.4. The van der Waals surface area contributed by atoms with Crippen molar-refractivity contribution in [2.45, 2.75) is 13.8 Å². The van der Waals surface area contributed by atoms with Crippen LogP contribution in [0.2, 0.25) is 0 Å². The number of likely N-dealkylation sites (N-methyl/N-ethyl adjacent to an activating group) is 2. The molecule has 0 unspecified atom stereocenters. The van der Waals surface area contributed by atoms with Crippen molar-refractivity contribution in [2.24, 2.45) is 0 Å². The van der Waals surface area contributed by atoms with Crippen LogP contribution in [0.15, 0.2) is 16.9 Å². The van der Waals surface area contributed by atoms with E-state index in [1.165, 1.54) is 24.1 Å². The zero-order valence-electron chi connectivity index (χ0n) is 11.3. The van der Waals surface area contributed by atoms with E-state index in [0.29, 0.717) is 13.1 Å². The highest BCUT2D eigenvalue weighted by atomic mass is 16.2. The van der Waals surface area contributed by atoms with Crippen molar-refractivity contribution in [1.82, 2.24) is 20.0 Å². The highest BCUT2D eigenvalue weighted by Crippen LogP contribution is 1.98. The maximum Gasteiger partial charge on any atom is 0.274 e. The van der Waals surface area contributed by atoms with Crippen LogP contribution in [0.25, 0.3) is 0 Å². The average Bonchev–Trinajstić information content (AvgIpc) is 2.40. The van der Waals surface area contributed by atoms with Gasteiger partial charge >= 0.3 is 0 Å². The Morgan fingerprint density at radius 1 is 1.26 bits per heavy atom. The van der Waals surface area contributed by atoms with E-state index < -0.39 is 5.91 Å². The summed E-state index contributed by atoms with van der Waals surface area (Å²) in [6, 6.07) is 2.56. The maximum atomic E-state index is 12.0. The number of carbonyl (C=O) groups is 2. The van der Waals surface area contributed by atoms with Crippen molar-refractivity contribution in [3.63, 3.8) is 0 Å². The Hall–Kier alpha value is -2.18. The second kappa shape index (κ2) is 6.67. The normalized spacial score (nSPS) is 10.1. The summed E-state index contributed by atoms with van der Waals surface area (Å²) < 4.78 is 0. The monoisotopic (exact) mass is 266 g/mol. The maximum absolute atomic E-state index is 12.0. The number of nitrogens with zero attached hydrogens (tertiary/aromatic N) is 3. The molecule has 0 bridgehead atoms. The molecule has 1 aromatic heterocycles. The quantitative estimate of drug-likeness (QED) is 0.793. The third kappa shape index (κ3) is 3.90. The van der Waals surface area contributed by atoms with Gasteiger partial charge in [0.05, 0.1) is 6.54 Å². The Balaban J connectivity index is 2.70. The third-order valence-electron chi connectivity index (χ3n) is 2.73. The van der Waals surface area contributed by atoms with E-state index in [1.54, 1.807) is 4.90 Å². The van der Waals surface area contributed by atoms with E-state index in [9.17, 15) is 14.4 Å². The van der Waals surface area contributed by atoms with E-state index in [0.717, 1.165) is 0 Å². The van der Waals surface area contributed by atoms with E-state index in [4.69, 9.17) is 0 Å². The summed E-state index contributed by atoms with van der Waals surface area (Å²) in [7, 11) is 1.52. The number of nitrogens with one attached hydrogen (secondary N) is 1. The molecule has 19 heavy (non-hydrogen) atoms. The molecule has 104 valence electrons. The van der Waals surface area contributed by atoms with Crippen LogP contribution in [-0.4, -0.2) is 58.5 Å². The lowest BCUT2D eigenvalue weighted by molar-refractivity contribution is -0.131. The Kier molecular flexibility index (Phi) is 5.23. The van der Waals surface area contributed by atoms with Gasteiger partial charge in [-0.05, 0) is 19.9 Å². The van der Waals surface area contributed by atoms with Gasteiger partial charge in [0.2, 0.25) is 5.91 Å². The Morgan fingerprint density at radius 2 is 1.89 bits per heavy atom. The van der Waals surface area contributed by atoms with Crippen LogP contribution in [0.4, 0.5) is 0 Å². The Bertz CT molecular complexity index is 487. The smallest absolute Gasteiger partial charge is 0.274 e. The molecule has 7 nitrogen and oxygen atoms in total. The number of H-pyrrole nitrogens is 1. The number of rotatable bonds is 5. The van der Waals surface area contributed by atoms with Crippen LogP contribution in [-0.2, 0) is 4.79 Å². The van der Waals surface area contributed by atoms with Gasteiger partial charge in [0.25, 0.3) is 11.5 Å². The number of hydrogen-bond acceptors (Lipinski definition) is 4. The lowest BCUT2D eigenvalue weighted by Gasteiger charge is -2.22. The molecular weight excluding hydrogens is 248 g/mol. The fourth-order valence-electron chi connectivity index (χ4n) is 1.61. The zero-order valence-corrected chi connectivity index (χ0v) is 11.3. The summed E-state index contributed by atoms with van der Waals surface area (Å²) in [5.74, 6) is -0.526. The predicted octanol–water partition coefficient (Wildman–Crippen LogP) is -0.290. The molecule has 1 aromatic rings. The van der Waals surface area contributed by atoms with Crippen LogP contribution in [0.5, 0.6) is 0 Å². The molecular formula is C12H18N4O3. The van der Waals surface area contributed by atoms with Gasteiger partial charge in [-0.1, -0.05) is 0 Å². The molecule has 1 N–H and O–H groups in total. The van der Waals surface area contributed by atoms with Gasteiger partial charge in [-0.25, -0.2) is 5.10 Å². The first kappa shape index (κ1) is 14.9. The van der Waals surface area contributed by atoms with Gasteiger partial charge in [-0.3, -0.25) is 14.4 Å². The molecule has 1 heterocycles. The molecule has 0 spiro atoms. The standard InChI is InChI=1S/C12H18N4O3/c1-4-16(5-2)11(18)8-15(3)12(19)9-6-7-10(17)14-13-9/h6-7H,4-5,8H2,1-3H3,(H,14,17). The second-order valence-electron chi connectivity index (χ2n) is 4.03. The summed E-state index contributed by atoms with van der Waals surface area (Å²) in [5, 5.41) is 5.82. The first-order valence-corrected chi connectivity index (χ1v) is 6.08. The first-order valence-electron chi connectivity index (χ1n) is 6.08. The number of aromatic nitrogens is 2. The van der Waals surface area contributed by atoms with Gasteiger partial charge in [0.1, 0.15) is 5.69 Å². The van der Waals surface area contributed by atoms with E-state index >= 15 is 0 Å². The van der Waals surface area contributed by atoms with Crippen LogP contribution in [0, 0.1) is 0 Å². The Morgan fingerprint density at radius 3 is 2.37 bits per heavy atom. The van der Waals surface area contributed by atoms with Crippen molar-refractivity contribution in [3.05, 3.63) is 28.2 Å². The van der Waals surface area contributed by atoms with E-state index in [-0.39, 0.29) is 23.7 Å². The van der Waals surface area contributed by atoms with Crippen molar-refractivity contribution in [1.29, 1.82) is 0 Å². The van der Waals surface area contributed by atoms with Crippen molar-refractivity contribution in [3.8, 4) is 0 Å². The molecule has 0 aliphatic heterocycles. The highest BCUT2D eigenvalue weighted by Gasteiger charge is 2.18. The number of aromatic amines is 1. The summed E-state index contributed by atoms with van der Waals surface area (Å²) in [4.78, 5) is 37.6. The molecule has 0 saturated carbocycles. The molecule has 2 amide bonds. The van der Waals surface area contributed by atoms with Gasteiger partial charge in [0, 0.05) is 26.2 Å². The van der Waals surface area contributed by atoms with Crippen molar-refractivity contribution < 1.29 is 9.59 Å². The van der Waals surface area contributed by atoms with Gasteiger partial charge < -0.3 is 9.80 Å². The minimum atomic E-state index is -0.406. The summed E-state index contributed by atoms with van der Waals surface area (Å²) in [6.45, 7) is 4.96. The largest absolute Gasteiger partial charge is 0.342 e. The highest BCUT2D eigenvalue weighted by molar-refractivity contribution is 5.94. The predicted molar refractivity (Wildman–Crippen MR) is 69.7 cm³/mol. The minimum Gasteiger partial charge on any atom is -0.342 e. The first-order chi connectivity index (χ1) is 8.99. The molecule has 0 aromatic carbocycles. The van der Waals surface area contributed by atoms with Gasteiger partial charge in [0.15, 0.2) is 0 Å². The van der Waals surface area contributed by atoms with Crippen molar-refractivity contribution >= 4 is 11.8 Å². The molecule has 0 saturated heterocycles. The fraction of sp³-hybridized carbons (Fsp3) is 0.500. The lowest BCUT2D eigenvalue weighted by atomic mass is 10.3. The minimum absolute atomic E-state index is 0.0126. The number of amides is 2. The molecule has 0 atom stereocenters. The van der Waals surface area contributed by atoms with Crippen LogP contribution in [0.3, 0.4) is 0 Å². The van der Waals surface area contributed by atoms with Crippen LogP contribution >= 0.6 is 0 Å². The third-order valence-corrected chi connectivity index (χ3v) is 2.73. The van der Waals surface area contributed by atoms with Crippen molar-refractivity contribution in [2.75, 3.05) is 26.7 Å². The molecule has 0 radical (unpaired) electrons. The topological polar surface area (TPSA) is 86.4 Å². The average molecular weight is 266 g/mol. The van der Waals surface area contributed by atoms with Gasteiger partial charge in [-0.15, -0.1) is 0 Å². The van der Waals surface area contributed by atoms with E-state index in [1.807, 2.05) is 13.8 Å². The molecule has 0 aliphatic rings. The molecule has 7 heteroatoms. The van der Waals surface area contributed by atoms with Gasteiger partial charge in [-0.2, -0.15) is 5.10 Å². The summed E-state index contributed by atoms with van der Waals surface area (Å²) in [6.07, 6.45) is 0. The lowest BCUT2D eigenvalue weighted by Crippen LogP contribution is -2.41. The summed E-state index contributed by atoms with van der Waals surface area (Å²) in [5.41, 5.74) is -0.270. The van der Waals surface area contributed by atoms with Crippen LogP contribution < -0.4 is 5.56 Å². The number of carbonyl (C=O) groups excluding carboxylic acids is 2. The fourth-order valence-corrected chi connectivity index (χ4v) is 1.61. The number of hydrogen-bond donors (Lipinski definition) is 1. The second-order valence-corrected chi connectivity index (χ2v) is 4.03. The SMILES string of the molecule is CCN(CC)C(=O)CN(C)C(=O)c1ccc(=O)[nH]n1. The summed E-state index contributed by atoms with van der Waals surface area (Å²) >= 11 is 0. The van der Waals surface area contributed by atoms with E-state index in [2.05, 4.69) is 10.2 Å². The Labute approximate surface area is 111 Å². The molecule has 0 aliphatic carbocycles. The molecule has 1 rings (SSSR count).